The number of aliphatic hydroxyl groups is 1. The minimum absolute atomic E-state index is 0.0356. The van der Waals surface area contributed by atoms with Gasteiger partial charge >= 0.3 is 0 Å². The highest BCUT2D eigenvalue weighted by Gasteiger charge is 2.39. The summed E-state index contributed by atoms with van der Waals surface area (Å²) in [6.07, 6.45) is 3.21. The van der Waals surface area contributed by atoms with Crippen molar-refractivity contribution in [3.63, 3.8) is 0 Å². The number of hydrogen-bond acceptors (Lipinski definition) is 4. The lowest BCUT2D eigenvalue weighted by molar-refractivity contribution is -0.140. The Labute approximate surface area is 161 Å². The van der Waals surface area contributed by atoms with Crippen molar-refractivity contribution in [2.45, 2.75) is 45.2 Å². The summed E-state index contributed by atoms with van der Waals surface area (Å²) in [5.41, 5.74) is 2.24. The summed E-state index contributed by atoms with van der Waals surface area (Å²) in [6, 6.07) is 7.72. The second-order valence-corrected chi connectivity index (χ2v) is 8.17. The third-order valence-electron chi connectivity index (χ3n) is 6.19. The van der Waals surface area contributed by atoms with Gasteiger partial charge in [-0.1, -0.05) is 30.7 Å². The molecule has 1 heterocycles. The number of nitrogens with zero attached hydrogens (tertiary/aromatic N) is 2. The van der Waals surface area contributed by atoms with Gasteiger partial charge in [-0.05, 0) is 30.9 Å². The van der Waals surface area contributed by atoms with Crippen LogP contribution in [0.3, 0.4) is 0 Å². The van der Waals surface area contributed by atoms with Crippen molar-refractivity contribution in [3.05, 3.63) is 35.4 Å². The first-order valence-electron chi connectivity index (χ1n) is 9.85. The molecule has 2 aliphatic rings. The van der Waals surface area contributed by atoms with Gasteiger partial charge in [-0.25, -0.2) is 0 Å². The predicted molar refractivity (Wildman–Crippen MR) is 104 cm³/mol. The van der Waals surface area contributed by atoms with Gasteiger partial charge in [0.1, 0.15) is 0 Å². The van der Waals surface area contributed by atoms with Crippen LogP contribution in [0.2, 0.25) is 0 Å². The molecule has 2 N–H and O–H groups in total. The number of benzene rings is 1. The van der Waals surface area contributed by atoms with Gasteiger partial charge in [0.25, 0.3) is 0 Å². The van der Waals surface area contributed by atoms with Crippen molar-refractivity contribution in [2.75, 3.05) is 33.3 Å². The second-order valence-electron chi connectivity index (χ2n) is 8.17. The van der Waals surface area contributed by atoms with E-state index in [9.17, 15) is 14.7 Å². The Morgan fingerprint density at radius 3 is 2.74 bits per heavy atom. The molecule has 1 aromatic rings. The molecule has 6 heteroatoms. The van der Waals surface area contributed by atoms with E-state index in [1.54, 1.807) is 11.9 Å². The number of aryl methyl sites for hydroxylation is 1. The third kappa shape index (κ3) is 4.50. The Morgan fingerprint density at radius 1 is 1.37 bits per heavy atom. The standard InChI is InChI=1S/C21H31N3O3/c1-16-6-3-4-7-17(16)13-24-11-10-22-20(27)18(24)12-19(26)23(2)14-21(15-25)8-5-9-21/h3-4,6-7,18,25H,5,8-15H2,1-2H3,(H,22,27). The zero-order valence-corrected chi connectivity index (χ0v) is 16.4. The minimum atomic E-state index is -0.445. The van der Waals surface area contributed by atoms with Crippen LogP contribution in [0.5, 0.6) is 0 Å². The van der Waals surface area contributed by atoms with E-state index in [0.29, 0.717) is 19.6 Å². The van der Waals surface area contributed by atoms with Crippen molar-refractivity contribution in [3.8, 4) is 0 Å². The molecule has 3 rings (SSSR count). The fraction of sp³-hybridized carbons (Fsp3) is 0.619. The first kappa shape index (κ1) is 19.8. The van der Waals surface area contributed by atoms with E-state index in [1.807, 2.05) is 12.1 Å². The number of amides is 2. The van der Waals surface area contributed by atoms with E-state index < -0.39 is 6.04 Å². The maximum absolute atomic E-state index is 12.8. The van der Waals surface area contributed by atoms with E-state index in [-0.39, 0.29) is 30.3 Å². The summed E-state index contributed by atoms with van der Waals surface area (Å²) < 4.78 is 0. The Bertz CT molecular complexity index is 681. The summed E-state index contributed by atoms with van der Waals surface area (Å²) in [7, 11) is 1.78. The van der Waals surface area contributed by atoms with Gasteiger partial charge in [0, 0.05) is 38.6 Å². The molecule has 0 radical (unpaired) electrons. The van der Waals surface area contributed by atoms with Crippen LogP contribution >= 0.6 is 0 Å². The second kappa shape index (κ2) is 8.40. The molecule has 0 aromatic heterocycles. The maximum atomic E-state index is 12.8. The molecule has 1 atom stereocenters. The monoisotopic (exact) mass is 373 g/mol. The summed E-state index contributed by atoms with van der Waals surface area (Å²) in [5.74, 6) is -0.108. The third-order valence-corrected chi connectivity index (χ3v) is 6.19. The number of carbonyl (C=O) groups excluding carboxylic acids is 2. The summed E-state index contributed by atoms with van der Waals surface area (Å²) >= 11 is 0. The van der Waals surface area contributed by atoms with Crippen molar-refractivity contribution in [1.29, 1.82) is 0 Å². The normalized spacial score (nSPS) is 22.0. The fourth-order valence-electron chi connectivity index (χ4n) is 4.14. The number of rotatable bonds is 7. The van der Waals surface area contributed by atoms with Crippen LogP contribution in [-0.4, -0.2) is 66.1 Å². The molecule has 148 valence electrons. The zero-order valence-electron chi connectivity index (χ0n) is 16.4. The zero-order chi connectivity index (χ0) is 19.4. The Kier molecular flexibility index (Phi) is 6.17. The van der Waals surface area contributed by atoms with Gasteiger partial charge in [0.15, 0.2) is 0 Å². The molecule has 1 saturated carbocycles. The molecule has 1 saturated heterocycles. The lowest BCUT2D eigenvalue weighted by Gasteiger charge is -2.43. The number of piperazine rings is 1. The van der Waals surface area contributed by atoms with Crippen molar-refractivity contribution < 1.29 is 14.7 Å². The molecule has 2 fully saturated rings. The molecule has 27 heavy (non-hydrogen) atoms. The molecular weight excluding hydrogens is 342 g/mol. The molecule has 1 aliphatic carbocycles. The van der Waals surface area contributed by atoms with Crippen LogP contribution < -0.4 is 5.32 Å². The van der Waals surface area contributed by atoms with Gasteiger partial charge in [-0.15, -0.1) is 0 Å². The number of nitrogens with one attached hydrogen (secondary N) is 1. The van der Waals surface area contributed by atoms with Crippen LogP contribution in [-0.2, 0) is 16.1 Å². The first-order valence-corrected chi connectivity index (χ1v) is 9.85. The van der Waals surface area contributed by atoms with Gasteiger partial charge in [0.05, 0.1) is 19.1 Å². The summed E-state index contributed by atoms with van der Waals surface area (Å²) in [4.78, 5) is 29.1. The van der Waals surface area contributed by atoms with E-state index >= 15 is 0 Å². The fourth-order valence-corrected chi connectivity index (χ4v) is 4.14. The van der Waals surface area contributed by atoms with E-state index in [1.165, 1.54) is 11.1 Å². The molecule has 1 aliphatic heterocycles. The Morgan fingerprint density at radius 2 is 2.11 bits per heavy atom. The number of carbonyl (C=O) groups is 2. The molecular formula is C21H31N3O3. The molecule has 0 spiro atoms. The highest BCUT2D eigenvalue weighted by atomic mass is 16.3. The maximum Gasteiger partial charge on any atom is 0.237 e. The average molecular weight is 373 g/mol. The van der Waals surface area contributed by atoms with Gasteiger partial charge in [-0.2, -0.15) is 0 Å². The van der Waals surface area contributed by atoms with Gasteiger partial charge < -0.3 is 15.3 Å². The highest BCUT2D eigenvalue weighted by Crippen LogP contribution is 2.40. The molecule has 6 nitrogen and oxygen atoms in total. The smallest absolute Gasteiger partial charge is 0.237 e. The lowest BCUT2D eigenvalue weighted by Crippen LogP contribution is -2.56. The van der Waals surface area contributed by atoms with Crippen molar-refractivity contribution in [1.82, 2.24) is 15.1 Å². The van der Waals surface area contributed by atoms with E-state index in [2.05, 4.69) is 29.3 Å². The Hall–Kier alpha value is -1.92. The molecule has 2 amide bonds. The quantitative estimate of drug-likeness (QED) is 0.756. The average Bonchev–Trinajstić information content (AvgIpc) is 2.62. The predicted octanol–water partition coefficient (Wildman–Crippen LogP) is 1.31. The van der Waals surface area contributed by atoms with Crippen LogP contribution in [0.4, 0.5) is 0 Å². The number of hydrogen-bond donors (Lipinski definition) is 2. The Balaban J connectivity index is 1.65. The van der Waals surface area contributed by atoms with Crippen LogP contribution in [0, 0.1) is 12.3 Å². The number of aliphatic hydroxyl groups excluding tert-OH is 1. The van der Waals surface area contributed by atoms with Gasteiger partial charge in [0.2, 0.25) is 11.8 Å². The summed E-state index contributed by atoms with van der Waals surface area (Å²) in [6.45, 7) is 4.77. The van der Waals surface area contributed by atoms with Gasteiger partial charge in [-0.3, -0.25) is 14.5 Å². The van der Waals surface area contributed by atoms with Crippen LogP contribution in [0.25, 0.3) is 0 Å². The van der Waals surface area contributed by atoms with Crippen molar-refractivity contribution in [2.24, 2.45) is 5.41 Å². The molecule has 1 aromatic carbocycles. The van der Waals surface area contributed by atoms with E-state index in [4.69, 9.17) is 0 Å². The highest BCUT2D eigenvalue weighted by molar-refractivity contribution is 5.88. The molecule has 1 unspecified atom stereocenters. The van der Waals surface area contributed by atoms with E-state index in [0.717, 1.165) is 25.8 Å². The molecule has 0 bridgehead atoms. The summed E-state index contributed by atoms with van der Waals surface area (Å²) in [5, 5.41) is 12.5. The first-order chi connectivity index (χ1) is 12.9. The minimum Gasteiger partial charge on any atom is -0.396 e. The largest absolute Gasteiger partial charge is 0.396 e. The van der Waals surface area contributed by atoms with Crippen molar-refractivity contribution >= 4 is 11.8 Å². The van der Waals surface area contributed by atoms with Crippen LogP contribution in [0.15, 0.2) is 24.3 Å². The lowest BCUT2D eigenvalue weighted by atomic mass is 9.69. The topological polar surface area (TPSA) is 72.9 Å². The van der Waals surface area contributed by atoms with Crippen LogP contribution in [0.1, 0.15) is 36.8 Å². The SMILES string of the molecule is Cc1ccccc1CN1CCNC(=O)C1CC(=O)N(C)CC1(CO)CCC1.